The van der Waals surface area contributed by atoms with Crippen LogP contribution in [0.4, 0.5) is 0 Å². The minimum Gasteiger partial charge on any atom is -0.493 e. The van der Waals surface area contributed by atoms with Gasteiger partial charge in [-0.15, -0.1) is 0 Å². The Bertz CT molecular complexity index is 610. The summed E-state index contributed by atoms with van der Waals surface area (Å²) < 4.78 is 20.6. The summed E-state index contributed by atoms with van der Waals surface area (Å²) in [5.41, 5.74) is 2.03. The molecule has 1 aromatic carbocycles. The van der Waals surface area contributed by atoms with Crippen molar-refractivity contribution in [3.05, 3.63) is 53.6 Å². The number of esters is 1. The topological polar surface area (TPSA) is 54.0 Å². The monoisotopic (exact) mass is 332 g/mol. The molecule has 24 heavy (non-hydrogen) atoms. The van der Waals surface area contributed by atoms with Gasteiger partial charge in [0, 0.05) is 13.2 Å². The largest absolute Gasteiger partial charge is 0.493 e. The van der Waals surface area contributed by atoms with Crippen LogP contribution in [0.1, 0.15) is 19.4 Å². The highest BCUT2D eigenvalue weighted by Crippen LogP contribution is 2.28. The van der Waals surface area contributed by atoms with Crippen molar-refractivity contribution in [2.45, 2.75) is 13.8 Å². The van der Waals surface area contributed by atoms with E-state index in [1.165, 1.54) is 6.08 Å². The van der Waals surface area contributed by atoms with Gasteiger partial charge in [-0.2, -0.15) is 0 Å². The normalized spacial score (nSPS) is 10.8. The molecule has 5 nitrogen and oxygen atoms in total. The van der Waals surface area contributed by atoms with Gasteiger partial charge in [-0.3, -0.25) is 0 Å². The number of ether oxygens (including phenoxy) is 4. The van der Waals surface area contributed by atoms with Gasteiger partial charge in [-0.1, -0.05) is 29.9 Å². The zero-order valence-corrected chi connectivity index (χ0v) is 14.6. The molecule has 0 aliphatic carbocycles. The van der Waals surface area contributed by atoms with Crippen molar-refractivity contribution in [2.24, 2.45) is 0 Å². The highest BCUT2D eigenvalue weighted by atomic mass is 16.7. The summed E-state index contributed by atoms with van der Waals surface area (Å²) >= 11 is 0. The molecule has 0 spiro atoms. The Kier molecular flexibility index (Phi) is 9.01. The number of carbonyl (C=O) groups excluding carboxylic acids is 1. The third-order valence-corrected chi connectivity index (χ3v) is 2.87. The number of hydrogen-bond donors (Lipinski definition) is 0. The molecule has 0 amide bonds. The van der Waals surface area contributed by atoms with Crippen LogP contribution in [-0.4, -0.2) is 33.6 Å². The van der Waals surface area contributed by atoms with Crippen molar-refractivity contribution >= 4 is 12.0 Å². The van der Waals surface area contributed by atoms with E-state index < -0.39 is 0 Å². The smallest absolute Gasteiger partial charge is 0.331 e. The minimum absolute atomic E-state index is 0.156. The van der Waals surface area contributed by atoms with Crippen LogP contribution in [-0.2, 0) is 14.3 Å². The Hall–Kier alpha value is -2.53. The summed E-state index contributed by atoms with van der Waals surface area (Å²) in [6.45, 7) is 4.34. The van der Waals surface area contributed by atoms with E-state index in [0.29, 0.717) is 11.5 Å². The van der Waals surface area contributed by atoms with Gasteiger partial charge in [0.25, 0.3) is 0 Å². The molecule has 0 heterocycles. The maximum Gasteiger partial charge on any atom is 0.331 e. The molecule has 0 atom stereocenters. The fourth-order valence-electron chi connectivity index (χ4n) is 1.67. The third-order valence-electron chi connectivity index (χ3n) is 2.87. The molecule has 0 bridgehead atoms. The fourth-order valence-corrected chi connectivity index (χ4v) is 1.67. The van der Waals surface area contributed by atoms with Crippen molar-refractivity contribution < 1.29 is 23.7 Å². The van der Waals surface area contributed by atoms with E-state index in [1.807, 2.05) is 38.1 Å². The van der Waals surface area contributed by atoms with E-state index in [-0.39, 0.29) is 19.4 Å². The lowest BCUT2D eigenvalue weighted by atomic mass is 10.2. The van der Waals surface area contributed by atoms with Crippen molar-refractivity contribution in [3.8, 4) is 11.5 Å². The Morgan fingerprint density at radius 1 is 1.12 bits per heavy atom. The zero-order chi connectivity index (χ0) is 17.8. The molecule has 0 saturated carbocycles. The summed E-state index contributed by atoms with van der Waals surface area (Å²) in [4.78, 5) is 11.5. The van der Waals surface area contributed by atoms with Crippen LogP contribution < -0.4 is 9.47 Å². The highest BCUT2D eigenvalue weighted by molar-refractivity contribution is 5.82. The average molecular weight is 332 g/mol. The van der Waals surface area contributed by atoms with Gasteiger partial charge in [-0.05, 0) is 37.6 Å². The molecule has 0 radical (unpaired) electrons. The van der Waals surface area contributed by atoms with E-state index in [4.69, 9.17) is 18.9 Å². The fraction of sp³-hybridized carbons (Fsp3) is 0.316. The second-order valence-corrected chi connectivity index (χ2v) is 5.09. The van der Waals surface area contributed by atoms with Crippen LogP contribution >= 0.6 is 0 Å². The lowest BCUT2D eigenvalue weighted by Crippen LogP contribution is -2.00. The SMILES string of the molecule is COCOc1ccc(C=CC=CC(=O)OCC=C(C)C)cc1OC. The second kappa shape index (κ2) is 11.1. The summed E-state index contributed by atoms with van der Waals surface area (Å²) in [6, 6.07) is 5.52. The molecule has 0 unspecified atom stereocenters. The Morgan fingerprint density at radius 3 is 2.58 bits per heavy atom. The number of hydrogen-bond acceptors (Lipinski definition) is 5. The first-order valence-corrected chi connectivity index (χ1v) is 7.51. The minimum atomic E-state index is -0.377. The van der Waals surface area contributed by atoms with Crippen LogP contribution in [0.15, 0.2) is 48.1 Å². The first-order valence-electron chi connectivity index (χ1n) is 7.51. The van der Waals surface area contributed by atoms with Gasteiger partial charge < -0.3 is 18.9 Å². The molecule has 0 fully saturated rings. The van der Waals surface area contributed by atoms with Gasteiger partial charge in [0.2, 0.25) is 0 Å². The standard InChI is InChI=1S/C19H24O5/c1-15(2)11-12-23-19(20)8-6-5-7-16-9-10-17(24-14-21-3)18(13-16)22-4/h5-11,13H,12,14H2,1-4H3. The predicted molar refractivity (Wildman–Crippen MR) is 94.1 cm³/mol. The summed E-state index contributed by atoms with van der Waals surface area (Å²) in [5.74, 6) is 0.840. The second-order valence-electron chi connectivity index (χ2n) is 5.09. The molecule has 1 aromatic rings. The van der Waals surface area contributed by atoms with Gasteiger partial charge in [-0.25, -0.2) is 4.79 Å². The van der Waals surface area contributed by atoms with E-state index in [0.717, 1.165) is 11.1 Å². The van der Waals surface area contributed by atoms with Crippen LogP contribution in [0, 0.1) is 0 Å². The number of rotatable bonds is 9. The average Bonchev–Trinajstić information content (AvgIpc) is 2.56. The summed E-state index contributed by atoms with van der Waals surface area (Å²) in [5, 5.41) is 0. The number of methoxy groups -OCH3 is 2. The van der Waals surface area contributed by atoms with Crippen molar-refractivity contribution in [3.63, 3.8) is 0 Å². The maximum atomic E-state index is 11.5. The molecule has 0 aliphatic heterocycles. The van der Waals surface area contributed by atoms with Crippen LogP contribution in [0.5, 0.6) is 11.5 Å². The van der Waals surface area contributed by atoms with Crippen LogP contribution in [0.2, 0.25) is 0 Å². The van der Waals surface area contributed by atoms with Gasteiger partial charge >= 0.3 is 5.97 Å². The maximum absolute atomic E-state index is 11.5. The Morgan fingerprint density at radius 2 is 1.92 bits per heavy atom. The number of allylic oxidation sites excluding steroid dienone is 3. The lowest BCUT2D eigenvalue weighted by molar-refractivity contribution is -0.136. The quantitative estimate of drug-likeness (QED) is 0.227. The van der Waals surface area contributed by atoms with E-state index in [2.05, 4.69) is 0 Å². The molecular weight excluding hydrogens is 308 g/mol. The molecule has 130 valence electrons. The van der Waals surface area contributed by atoms with Gasteiger partial charge in [0.1, 0.15) is 6.61 Å². The molecule has 0 N–H and O–H groups in total. The lowest BCUT2D eigenvalue weighted by Gasteiger charge is -2.10. The summed E-state index contributed by atoms with van der Waals surface area (Å²) in [7, 11) is 3.13. The van der Waals surface area contributed by atoms with E-state index in [1.54, 1.807) is 32.4 Å². The summed E-state index contributed by atoms with van der Waals surface area (Å²) in [6.07, 6.45) is 8.46. The van der Waals surface area contributed by atoms with Gasteiger partial charge in [0.15, 0.2) is 18.3 Å². The first-order chi connectivity index (χ1) is 11.6. The first kappa shape index (κ1) is 19.5. The Balaban J connectivity index is 2.59. The number of carbonyl (C=O) groups is 1. The van der Waals surface area contributed by atoms with Crippen LogP contribution in [0.25, 0.3) is 6.08 Å². The molecule has 1 rings (SSSR count). The van der Waals surface area contributed by atoms with Crippen molar-refractivity contribution in [1.29, 1.82) is 0 Å². The zero-order valence-electron chi connectivity index (χ0n) is 14.6. The van der Waals surface area contributed by atoms with Crippen molar-refractivity contribution in [1.82, 2.24) is 0 Å². The van der Waals surface area contributed by atoms with Gasteiger partial charge in [0.05, 0.1) is 7.11 Å². The molecular formula is C19H24O5. The van der Waals surface area contributed by atoms with Crippen LogP contribution in [0.3, 0.4) is 0 Å². The molecule has 0 aliphatic rings. The molecule has 0 aromatic heterocycles. The predicted octanol–water partition coefficient (Wildman–Crippen LogP) is 3.76. The van der Waals surface area contributed by atoms with E-state index in [9.17, 15) is 4.79 Å². The van der Waals surface area contributed by atoms with E-state index >= 15 is 0 Å². The number of benzene rings is 1. The highest BCUT2D eigenvalue weighted by Gasteiger charge is 2.04. The molecule has 0 saturated heterocycles. The van der Waals surface area contributed by atoms with Crippen molar-refractivity contribution in [2.75, 3.05) is 27.6 Å². The Labute approximate surface area is 143 Å². The molecule has 5 heteroatoms. The third kappa shape index (κ3) is 7.65.